The van der Waals surface area contributed by atoms with Gasteiger partial charge in [-0.2, -0.15) is 0 Å². The summed E-state index contributed by atoms with van der Waals surface area (Å²) >= 11 is 1.02. The van der Waals surface area contributed by atoms with Crippen LogP contribution in [0.5, 0.6) is 0 Å². The Morgan fingerprint density at radius 1 is 1.35 bits per heavy atom. The molecule has 2 aromatic rings. The highest BCUT2D eigenvalue weighted by Crippen LogP contribution is 2.12. The van der Waals surface area contributed by atoms with Crippen LogP contribution in [0.25, 0.3) is 0 Å². The van der Waals surface area contributed by atoms with Crippen LogP contribution in [0.15, 0.2) is 24.3 Å². The molecule has 0 unspecified atom stereocenters. The Balaban J connectivity index is 1.98. The normalized spacial score (nSPS) is 11.9. The van der Waals surface area contributed by atoms with Crippen LogP contribution >= 0.6 is 11.5 Å². The molecule has 0 fully saturated rings. The van der Waals surface area contributed by atoms with Gasteiger partial charge in [0.05, 0.1) is 11.6 Å². The van der Waals surface area contributed by atoms with Crippen LogP contribution in [-0.4, -0.2) is 27.9 Å². The van der Waals surface area contributed by atoms with E-state index >= 15 is 0 Å². The van der Waals surface area contributed by atoms with Gasteiger partial charge >= 0.3 is 0 Å². The van der Waals surface area contributed by atoms with Crippen molar-refractivity contribution >= 4 is 23.3 Å². The number of primary amides is 1. The number of nitrogens with two attached hydrogens (primary N) is 1. The molecule has 0 aliphatic rings. The van der Waals surface area contributed by atoms with Crippen molar-refractivity contribution in [3.05, 3.63) is 46.2 Å². The predicted molar refractivity (Wildman–Crippen MR) is 84.4 cm³/mol. The summed E-state index contributed by atoms with van der Waals surface area (Å²) in [5.74, 6) is -1.76. The van der Waals surface area contributed by atoms with Gasteiger partial charge in [0.2, 0.25) is 5.91 Å². The van der Waals surface area contributed by atoms with Crippen LogP contribution < -0.4 is 11.1 Å². The molecule has 8 heteroatoms. The van der Waals surface area contributed by atoms with Crippen LogP contribution in [0.1, 0.15) is 27.9 Å². The lowest BCUT2D eigenvalue weighted by Gasteiger charge is -2.14. The average Bonchev–Trinajstić information content (AvgIpc) is 3.01. The van der Waals surface area contributed by atoms with E-state index in [0.717, 1.165) is 17.1 Å². The largest absolute Gasteiger partial charge is 0.369 e. The number of rotatable bonds is 7. The van der Waals surface area contributed by atoms with Crippen molar-refractivity contribution in [2.45, 2.75) is 19.8 Å². The molecule has 0 saturated carbocycles. The molecule has 1 heterocycles. The SMILES string of the molecule is CCc1nnsc1C(=O)NC[C@@H](Cc1ccc(F)cc1)C(N)=O. The molecular weight excluding hydrogens is 319 g/mol. The van der Waals surface area contributed by atoms with E-state index in [0.29, 0.717) is 23.4 Å². The van der Waals surface area contributed by atoms with E-state index in [-0.39, 0.29) is 18.3 Å². The topological polar surface area (TPSA) is 98.0 Å². The molecule has 1 atom stereocenters. The molecular formula is C15H17FN4O2S. The zero-order chi connectivity index (χ0) is 16.8. The quantitative estimate of drug-likeness (QED) is 0.796. The molecule has 23 heavy (non-hydrogen) atoms. The van der Waals surface area contributed by atoms with E-state index in [9.17, 15) is 14.0 Å². The number of carbonyl (C=O) groups excluding carboxylic acids is 2. The minimum atomic E-state index is -0.574. The maximum absolute atomic E-state index is 12.9. The molecule has 0 aliphatic carbocycles. The fraction of sp³-hybridized carbons (Fsp3) is 0.333. The highest BCUT2D eigenvalue weighted by Gasteiger charge is 2.20. The van der Waals surface area contributed by atoms with Gasteiger partial charge in [-0.25, -0.2) is 4.39 Å². The van der Waals surface area contributed by atoms with Crippen molar-refractivity contribution in [2.24, 2.45) is 11.7 Å². The summed E-state index contributed by atoms with van der Waals surface area (Å²) in [5.41, 5.74) is 6.79. The first-order valence-corrected chi connectivity index (χ1v) is 7.91. The maximum Gasteiger partial charge on any atom is 0.264 e. The minimum Gasteiger partial charge on any atom is -0.369 e. The number of carbonyl (C=O) groups is 2. The Kier molecular flexibility index (Phi) is 5.75. The van der Waals surface area contributed by atoms with Crippen LogP contribution in [-0.2, 0) is 17.6 Å². The first-order chi connectivity index (χ1) is 11.0. The lowest BCUT2D eigenvalue weighted by Crippen LogP contribution is -2.37. The number of aromatic nitrogens is 2. The van der Waals surface area contributed by atoms with Crippen LogP contribution in [0.2, 0.25) is 0 Å². The molecule has 6 nitrogen and oxygen atoms in total. The molecule has 0 aliphatic heterocycles. The van der Waals surface area contributed by atoms with Crippen LogP contribution in [0.4, 0.5) is 4.39 Å². The van der Waals surface area contributed by atoms with Crippen molar-refractivity contribution in [1.82, 2.24) is 14.9 Å². The number of halogens is 1. The van der Waals surface area contributed by atoms with Gasteiger partial charge in [-0.3, -0.25) is 9.59 Å². The molecule has 122 valence electrons. The van der Waals surface area contributed by atoms with E-state index in [2.05, 4.69) is 14.9 Å². The van der Waals surface area contributed by atoms with Crippen LogP contribution in [0, 0.1) is 11.7 Å². The number of amides is 2. The molecule has 0 saturated heterocycles. The van der Waals surface area contributed by atoms with Crippen molar-refractivity contribution in [3.8, 4) is 0 Å². The summed E-state index contributed by atoms with van der Waals surface area (Å²) in [4.78, 5) is 24.1. The Morgan fingerprint density at radius 3 is 2.65 bits per heavy atom. The summed E-state index contributed by atoms with van der Waals surface area (Å²) < 4.78 is 16.7. The zero-order valence-corrected chi connectivity index (χ0v) is 13.4. The maximum atomic E-state index is 12.9. The van der Waals surface area contributed by atoms with E-state index in [4.69, 9.17) is 5.73 Å². The molecule has 3 N–H and O–H groups in total. The lowest BCUT2D eigenvalue weighted by atomic mass is 9.98. The molecule has 2 rings (SSSR count). The van der Waals surface area contributed by atoms with Crippen molar-refractivity contribution in [3.63, 3.8) is 0 Å². The minimum absolute atomic E-state index is 0.104. The van der Waals surface area contributed by atoms with Gasteiger partial charge in [0.25, 0.3) is 5.91 Å². The van der Waals surface area contributed by atoms with Gasteiger partial charge in [-0.05, 0) is 42.1 Å². The number of aryl methyl sites for hydroxylation is 1. The van der Waals surface area contributed by atoms with Crippen molar-refractivity contribution in [1.29, 1.82) is 0 Å². The fourth-order valence-corrected chi connectivity index (χ4v) is 2.75. The van der Waals surface area contributed by atoms with Gasteiger partial charge in [0.15, 0.2) is 0 Å². The molecule has 1 aromatic carbocycles. The summed E-state index contributed by atoms with van der Waals surface area (Å²) in [7, 11) is 0. The van der Waals surface area contributed by atoms with E-state index in [1.807, 2.05) is 6.92 Å². The Morgan fingerprint density at radius 2 is 2.04 bits per heavy atom. The third kappa shape index (κ3) is 4.56. The average molecular weight is 336 g/mol. The smallest absolute Gasteiger partial charge is 0.264 e. The van der Waals surface area contributed by atoms with Gasteiger partial charge in [0, 0.05) is 6.54 Å². The monoisotopic (exact) mass is 336 g/mol. The van der Waals surface area contributed by atoms with Crippen molar-refractivity contribution < 1.29 is 14.0 Å². The van der Waals surface area contributed by atoms with Crippen LogP contribution in [0.3, 0.4) is 0 Å². The Hall–Kier alpha value is -2.35. The zero-order valence-electron chi connectivity index (χ0n) is 12.6. The standard InChI is InChI=1S/C15H17FN4O2S/c1-2-12-13(23-20-19-12)15(22)18-8-10(14(17)21)7-9-3-5-11(16)6-4-9/h3-6,10H,2,7-8H2,1H3,(H2,17,21)(H,18,22)/t10-/m1/s1. The van der Waals surface area contributed by atoms with E-state index in [1.54, 1.807) is 12.1 Å². The number of nitrogens with one attached hydrogen (secondary N) is 1. The summed E-state index contributed by atoms with van der Waals surface area (Å²) in [6.07, 6.45) is 0.936. The summed E-state index contributed by atoms with van der Waals surface area (Å²) in [6.45, 7) is 1.99. The number of benzene rings is 1. The van der Waals surface area contributed by atoms with Crippen molar-refractivity contribution in [2.75, 3.05) is 6.54 Å². The fourth-order valence-electron chi connectivity index (χ4n) is 2.09. The molecule has 2 amide bonds. The second-order valence-corrected chi connectivity index (χ2v) is 5.80. The number of hydrogen-bond acceptors (Lipinski definition) is 5. The third-order valence-corrected chi connectivity index (χ3v) is 4.17. The van der Waals surface area contributed by atoms with Gasteiger partial charge < -0.3 is 11.1 Å². The summed E-state index contributed by atoms with van der Waals surface area (Å²) in [6, 6.07) is 5.83. The Bertz CT molecular complexity index is 687. The molecule has 1 aromatic heterocycles. The first-order valence-electron chi connectivity index (χ1n) is 7.14. The third-order valence-electron chi connectivity index (χ3n) is 3.40. The van der Waals surface area contributed by atoms with Gasteiger partial charge in [0.1, 0.15) is 10.7 Å². The second-order valence-electron chi connectivity index (χ2n) is 5.04. The molecule has 0 radical (unpaired) electrons. The van der Waals surface area contributed by atoms with Gasteiger partial charge in [-0.1, -0.05) is 23.5 Å². The first kappa shape index (κ1) is 17.0. The van der Waals surface area contributed by atoms with E-state index in [1.165, 1.54) is 12.1 Å². The molecule has 0 bridgehead atoms. The Labute approximate surface area is 137 Å². The lowest BCUT2D eigenvalue weighted by molar-refractivity contribution is -0.121. The number of hydrogen-bond donors (Lipinski definition) is 2. The highest BCUT2D eigenvalue weighted by atomic mass is 32.1. The van der Waals surface area contributed by atoms with E-state index < -0.39 is 11.8 Å². The number of nitrogens with zero attached hydrogens (tertiary/aromatic N) is 2. The predicted octanol–water partition coefficient (Wildman–Crippen LogP) is 1.31. The highest BCUT2D eigenvalue weighted by molar-refractivity contribution is 7.08. The van der Waals surface area contributed by atoms with Gasteiger partial charge in [-0.15, -0.1) is 5.10 Å². The molecule has 0 spiro atoms. The second kappa shape index (κ2) is 7.77. The summed E-state index contributed by atoms with van der Waals surface area (Å²) in [5, 5.41) is 6.56.